The molecule has 3 aromatic rings. The zero-order valence-corrected chi connectivity index (χ0v) is 17.5. The molecule has 1 N–H and O–H groups in total. The number of carboxylic acid groups (broad SMARTS) is 1. The first-order valence-electron chi connectivity index (χ1n) is 9.50. The van der Waals surface area contributed by atoms with E-state index in [2.05, 4.69) is 61.9 Å². The van der Waals surface area contributed by atoms with Crippen molar-refractivity contribution in [2.45, 2.75) is 44.0 Å². The number of aryl methyl sites for hydroxylation is 1. The van der Waals surface area contributed by atoms with Crippen LogP contribution in [-0.2, 0) is 16.8 Å². The number of aliphatic carboxylic acids is 1. The Kier molecular flexibility index (Phi) is 6.35. The van der Waals surface area contributed by atoms with Crippen LogP contribution in [0.3, 0.4) is 0 Å². The zero-order chi connectivity index (χ0) is 20.1. The predicted octanol–water partition coefficient (Wildman–Crippen LogP) is 5.58. The number of fused-ring (bicyclic) bond motifs is 1. The lowest BCUT2D eigenvalue weighted by atomic mass is 9.87. The molecule has 1 aromatic heterocycles. The summed E-state index contributed by atoms with van der Waals surface area (Å²) in [7, 11) is 0. The standard InChI is InChI=1S/C23H27NO3S/c1-23(2,3)18-6-9-20(10-7-18)28-14-4-12-24-13-11-17-5-8-19(15-21(17)24)27-16-22(25)26/h5-11,13,15H,4,12,14,16H2,1-3H3,(H,25,26). The number of hydrogen-bond donors (Lipinski definition) is 1. The van der Waals surface area contributed by atoms with E-state index in [1.807, 2.05) is 30.0 Å². The van der Waals surface area contributed by atoms with Gasteiger partial charge in [-0.25, -0.2) is 4.79 Å². The number of aromatic nitrogens is 1. The van der Waals surface area contributed by atoms with E-state index >= 15 is 0 Å². The van der Waals surface area contributed by atoms with Crippen LogP contribution >= 0.6 is 11.8 Å². The van der Waals surface area contributed by atoms with Gasteiger partial charge in [-0.15, -0.1) is 11.8 Å². The summed E-state index contributed by atoms with van der Waals surface area (Å²) >= 11 is 1.88. The molecule has 0 fully saturated rings. The van der Waals surface area contributed by atoms with Gasteiger partial charge in [0.05, 0.1) is 5.52 Å². The van der Waals surface area contributed by atoms with Gasteiger partial charge in [-0.3, -0.25) is 0 Å². The van der Waals surface area contributed by atoms with Gasteiger partial charge in [0.25, 0.3) is 0 Å². The lowest BCUT2D eigenvalue weighted by molar-refractivity contribution is -0.139. The van der Waals surface area contributed by atoms with Crippen LogP contribution in [0.25, 0.3) is 10.9 Å². The smallest absolute Gasteiger partial charge is 0.341 e. The third-order valence-corrected chi connectivity index (χ3v) is 5.74. The van der Waals surface area contributed by atoms with Crippen molar-refractivity contribution in [3.63, 3.8) is 0 Å². The maximum atomic E-state index is 10.7. The van der Waals surface area contributed by atoms with Crippen LogP contribution in [0.1, 0.15) is 32.8 Å². The van der Waals surface area contributed by atoms with Crippen molar-refractivity contribution in [1.82, 2.24) is 4.57 Å². The van der Waals surface area contributed by atoms with E-state index in [0.29, 0.717) is 5.75 Å². The molecule has 148 valence electrons. The van der Waals surface area contributed by atoms with Crippen LogP contribution < -0.4 is 4.74 Å². The topological polar surface area (TPSA) is 51.5 Å². The summed E-state index contributed by atoms with van der Waals surface area (Å²) in [5, 5.41) is 9.89. The SMILES string of the molecule is CC(C)(C)c1ccc(SCCCn2ccc3ccc(OCC(=O)O)cc32)cc1. The number of thioether (sulfide) groups is 1. The molecule has 2 aromatic carbocycles. The fraction of sp³-hybridized carbons (Fsp3) is 0.348. The van der Waals surface area contributed by atoms with E-state index in [9.17, 15) is 4.79 Å². The van der Waals surface area contributed by atoms with Gasteiger partial charge in [-0.2, -0.15) is 0 Å². The Bertz CT molecular complexity index is 939. The van der Waals surface area contributed by atoms with E-state index in [0.717, 1.165) is 29.6 Å². The molecule has 4 nitrogen and oxygen atoms in total. The molecule has 0 aliphatic heterocycles. The minimum Gasteiger partial charge on any atom is -0.482 e. The summed E-state index contributed by atoms with van der Waals surface area (Å²) in [4.78, 5) is 12.0. The number of benzene rings is 2. The summed E-state index contributed by atoms with van der Waals surface area (Å²) in [6.45, 7) is 7.29. The second-order valence-electron chi connectivity index (χ2n) is 7.89. The van der Waals surface area contributed by atoms with Crippen molar-refractivity contribution in [2.75, 3.05) is 12.4 Å². The first-order valence-corrected chi connectivity index (χ1v) is 10.5. The molecule has 0 atom stereocenters. The summed E-state index contributed by atoms with van der Waals surface area (Å²) in [6, 6.07) is 16.6. The average Bonchev–Trinajstić information content (AvgIpc) is 3.05. The molecule has 5 heteroatoms. The van der Waals surface area contributed by atoms with Crippen LogP contribution in [-0.4, -0.2) is 28.0 Å². The summed E-state index contributed by atoms with van der Waals surface area (Å²) in [5.74, 6) is 0.662. The van der Waals surface area contributed by atoms with Gasteiger partial charge >= 0.3 is 5.97 Å². The molecule has 0 bridgehead atoms. The summed E-state index contributed by atoms with van der Waals surface area (Å²) < 4.78 is 7.50. The minimum absolute atomic E-state index is 0.186. The van der Waals surface area contributed by atoms with Crippen LogP contribution in [0.15, 0.2) is 59.6 Å². The normalized spacial score (nSPS) is 11.7. The molecule has 0 amide bonds. The lowest BCUT2D eigenvalue weighted by Crippen LogP contribution is -2.10. The highest BCUT2D eigenvalue weighted by Crippen LogP contribution is 2.27. The highest BCUT2D eigenvalue weighted by molar-refractivity contribution is 7.99. The van der Waals surface area contributed by atoms with Crippen LogP contribution in [0, 0.1) is 0 Å². The highest BCUT2D eigenvalue weighted by Gasteiger charge is 2.12. The van der Waals surface area contributed by atoms with Gasteiger partial charge in [-0.05, 0) is 58.9 Å². The van der Waals surface area contributed by atoms with E-state index in [4.69, 9.17) is 9.84 Å². The maximum absolute atomic E-state index is 10.7. The molecular weight excluding hydrogens is 370 g/mol. The number of nitrogens with zero attached hydrogens (tertiary/aromatic N) is 1. The summed E-state index contributed by atoms with van der Waals surface area (Å²) in [5.41, 5.74) is 2.62. The minimum atomic E-state index is -0.969. The van der Waals surface area contributed by atoms with Crippen LogP contribution in [0.4, 0.5) is 0 Å². The molecule has 0 saturated carbocycles. The number of carboxylic acids is 1. The third kappa shape index (κ3) is 5.32. The number of hydrogen-bond acceptors (Lipinski definition) is 3. The molecule has 1 heterocycles. The van der Waals surface area contributed by atoms with Gasteiger partial charge in [0.15, 0.2) is 6.61 Å². The molecule has 3 rings (SSSR count). The zero-order valence-electron chi connectivity index (χ0n) is 16.6. The summed E-state index contributed by atoms with van der Waals surface area (Å²) in [6.07, 6.45) is 3.13. The molecule has 0 aliphatic carbocycles. The van der Waals surface area contributed by atoms with Crippen molar-refractivity contribution in [3.8, 4) is 5.75 Å². The fourth-order valence-electron chi connectivity index (χ4n) is 3.07. The molecule has 0 spiro atoms. The van der Waals surface area contributed by atoms with Crippen molar-refractivity contribution < 1.29 is 14.6 Å². The highest BCUT2D eigenvalue weighted by atomic mass is 32.2. The van der Waals surface area contributed by atoms with E-state index in [-0.39, 0.29) is 12.0 Å². The Balaban J connectivity index is 1.55. The van der Waals surface area contributed by atoms with Gasteiger partial charge in [0, 0.05) is 23.7 Å². The van der Waals surface area contributed by atoms with Crippen LogP contribution in [0.2, 0.25) is 0 Å². The van der Waals surface area contributed by atoms with Gasteiger partial charge in [0.2, 0.25) is 0 Å². The molecule has 0 radical (unpaired) electrons. The molecule has 28 heavy (non-hydrogen) atoms. The molecule has 0 saturated heterocycles. The second-order valence-corrected chi connectivity index (χ2v) is 9.06. The van der Waals surface area contributed by atoms with E-state index in [1.54, 1.807) is 0 Å². The number of ether oxygens (including phenoxy) is 1. The second kappa shape index (κ2) is 8.74. The van der Waals surface area contributed by atoms with Crippen molar-refractivity contribution in [3.05, 3.63) is 60.3 Å². The Morgan fingerprint density at radius 1 is 1.11 bits per heavy atom. The lowest BCUT2D eigenvalue weighted by Gasteiger charge is -2.19. The van der Waals surface area contributed by atoms with E-state index in [1.165, 1.54) is 10.5 Å². The van der Waals surface area contributed by atoms with Gasteiger partial charge < -0.3 is 14.4 Å². The Labute approximate surface area is 170 Å². The van der Waals surface area contributed by atoms with Crippen molar-refractivity contribution in [2.24, 2.45) is 0 Å². The largest absolute Gasteiger partial charge is 0.482 e. The van der Waals surface area contributed by atoms with E-state index < -0.39 is 5.97 Å². The maximum Gasteiger partial charge on any atom is 0.341 e. The third-order valence-electron chi connectivity index (χ3n) is 4.64. The molecule has 0 aliphatic rings. The van der Waals surface area contributed by atoms with Crippen LogP contribution in [0.5, 0.6) is 5.75 Å². The average molecular weight is 398 g/mol. The van der Waals surface area contributed by atoms with Crippen molar-refractivity contribution >= 4 is 28.6 Å². The monoisotopic (exact) mass is 397 g/mol. The van der Waals surface area contributed by atoms with Gasteiger partial charge in [-0.1, -0.05) is 32.9 Å². The first kappa shape index (κ1) is 20.3. The quantitative estimate of drug-likeness (QED) is 0.398. The Hall–Kier alpha value is -2.40. The number of rotatable bonds is 8. The predicted molar refractivity (Wildman–Crippen MR) is 116 cm³/mol. The number of carbonyl (C=O) groups is 1. The molecular formula is C23H27NO3S. The Morgan fingerprint density at radius 2 is 1.86 bits per heavy atom. The first-order chi connectivity index (χ1) is 13.3. The van der Waals surface area contributed by atoms with Crippen molar-refractivity contribution in [1.29, 1.82) is 0 Å². The Morgan fingerprint density at radius 3 is 2.54 bits per heavy atom. The molecule has 0 unspecified atom stereocenters. The van der Waals surface area contributed by atoms with Gasteiger partial charge in [0.1, 0.15) is 5.75 Å². The fourth-order valence-corrected chi connectivity index (χ4v) is 3.91.